The van der Waals surface area contributed by atoms with Crippen LogP contribution >= 0.6 is 0 Å². The topological polar surface area (TPSA) is 119 Å². The fourth-order valence-corrected chi connectivity index (χ4v) is 1.39. The number of halogens is 1. The summed E-state index contributed by atoms with van der Waals surface area (Å²) >= 11 is 0. The average Bonchev–Trinajstić information content (AvgIpc) is 2.82. The fourth-order valence-electron chi connectivity index (χ4n) is 1.39. The molecular weight excluding hydrogens is 255 g/mol. The number of nitrogens with zero attached hydrogens (tertiary/aromatic N) is 3. The normalized spacial score (nSPS) is 10.3. The van der Waals surface area contributed by atoms with Crippen molar-refractivity contribution in [1.82, 2.24) is 20.4 Å². The van der Waals surface area contributed by atoms with E-state index in [4.69, 9.17) is 10.4 Å². The van der Waals surface area contributed by atoms with Crippen molar-refractivity contribution >= 4 is 11.7 Å². The molecule has 2 aromatic rings. The molecule has 2 rings (SSSR count). The highest BCUT2D eigenvalue weighted by Gasteiger charge is 2.16. The maximum Gasteiger partial charge on any atom is 0.254 e. The maximum atomic E-state index is 13.7. The van der Waals surface area contributed by atoms with Gasteiger partial charge in [-0.05, 0) is 6.07 Å². The summed E-state index contributed by atoms with van der Waals surface area (Å²) < 4.78 is 18.5. The summed E-state index contributed by atoms with van der Waals surface area (Å²) in [6.45, 7) is 1.66. The lowest BCUT2D eigenvalue weighted by Gasteiger charge is -2.06. The molecule has 0 aliphatic heterocycles. The number of pyridine rings is 1. The van der Waals surface area contributed by atoms with Gasteiger partial charge in [0.2, 0.25) is 5.89 Å². The van der Waals surface area contributed by atoms with Gasteiger partial charge in [-0.3, -0.25) is 4.79 Å². The van der Waals surface area contributed by atoms with Gasteiger partial charge in [0.15, 0.2) is 17.5 Å². The molecule has 0 atom stereocenters. The number of hydrogen-bond donors (Lipinski definition) is 3. The predicted molar refractivity (Wildman–Crippen MR) is 62.2 cm³/mol. The van der Waals surface area contributed by atoms with Crippen molar-refractivity contribution in [3.8, 4) is 0 Å². The molecule has 4 N–H and O–H groups in total. The van der Waals surface area contributed by atoms with E-state index in [2.05, 4.69) is 25.9 Å². The Labute approximate surface area is 107 Å². The molecule has 2 heterocycles. The maximum absolute atomic E-state index is 13.7. The Kier molecular flexibility index (Phi) is 3.66. The van der Waals surface area contributed by atoms with E-state index in [1.165, 1.54) is 12.3 Å². The number of nitrogens with one attached hydrogen (secondary N) is 2. The molecule has 0 spiro atoms. The van der Waals surface area contributed by atoms with Crippen molar-refractivity contribution in [3.05, 3.63) is 35.4 Å². The molecule has 19 heavy (non-hydrogen) atoms. The molecule has 9 heteroatoms. The summed E-state index contributed by atoms with van der Waals surface area (Å²) in [7, 11) is 0. The van der Waals surface area contributed by atoms with E-state index >= 15 is 0 Å². The van der Waals surface area contributed by atoms with Crippen LogP contribution in [0, 0.1) is 12.7 Å². The second kappa shape index (κ2) is 5.40. The van der Waals surface area contributed by atoms with E-state index in [1.807, 2.05) is 0 Å². The Bertz CT molecular complexity index is 599. The third kappa shape index (κ3) is 2.83. The Balaban J connectivity index is 2.08. The van der Waals surface area contributed by atoms with Gasteiger partial charge in [-0.2, -0.15) is 4.98 Å². The molecule has 1 amide bonds. The smallest absolute Gasteiger partial charge is 0.254 e. The van der Waals surface area contributed by atoms with Crippen molar-refractivity contribution < 1.29 is 13.7 Å². The van der Waals surface area contributed by atoms with Gasteiger partial charge in [-0.25, -0.2) is 15.2 Å². The molecule has 2 aromatic heterocycles. The summed E-state index contributed by atoms with van der Waals surface area (Å²) in [6, 6.07) is 1.24. The minimum Gasteiger partial charge on any atom is -0.345 e. The van der Waals surface area contributed by atoms with Crippen LogP contribution in [-0.4, -0.2) is 21.0 Å². The molecule has 0 radical (unpaired) electrons. The zero-order valence-corrected chi connectivity index (χ0v) is 9.98. The lowest BCUT2D eigenvalue weighted by atomic mass is 10.2. The molecule has 0 saturated heterocycles. The molecule has 0 aliphatic carbocycles. The van der Waals surface area contributed by atoms with E-state index in [9.17, 15) is 9.18 Å². The number of carbonyl (C=O) groups is 1. The number of amides is 1. The molecule has 0 aliphatic rings. The highest BCUT2D eigenvalue weighted by atomic mass is 19.1. The quantitative estimate of drug-likeness (QED) is 0.531. The molecule has 8 nitrogen and oxygen atoms in total. The number of nitrogen functional groups attached to an aromatic ring is 1. The zero-order chi connectivity index (χ0) is 13.8. The summed E-state index contributed by atoms with van der Waals surface area (Å²) in [6.07, 6.45) is 1.27. The largest absolute Gasteiger partial charge is 0.345 e. The molecule has 0 aromatic carbocycles. The predicted octanol–water partition coefficient (Wildman–Crippen LogP) is 0.128. The highest BCUT2D eigenvalue weighted by molar-refractivity contribution is 5.95. The van der Waals surface area contributed by atoms with E-state index in [0.717, 1.165) is 0 Å². The Morgan fingerprint density at radius 1 is 1.58 bits per heavy atom. The lowest BCUT2D eigenvalue weighted by molar-refractivity contribution is 0.0945. The van der Waals surface area contributed by atoms with Gasteiger partial charge < -0.3 is 15.3 Å². The first-order chi connectivity index (χ1) is 9.11. The van der Waals surface area contributed by atoms with Crippen molar-refractivity contribution in [3.63, 3.8) is 0 Å². The summed E-state index contributed by atoms with van der Waals surface area (Å²) in [4.78, 5) is 19.3. The number of nitrogens with two attached hydrogens (primary N) is 1. The van der Waals surface area contributed by atoms with Crippen LogP contribution in [0.1, 0.15) is 22.1 Å². The fraction of sp³-hybridized carbons (Fsp3) is 0.200. The first kappa shape index (κ1) is 12.9. The van der Waals surface area contributed by atoms with Crippen molar-refractivity contribution in [1.29, 1.82) is 0 Å². The zero-order valence-electron chi connectivity index (χ0n) is 9.98. The van der Waals surface area contributed by atoms with Gasteiger partial charge in [0.25, 0.3) is 5.91 Å². The van der Waals surface area contributed by atoms with E-state index in [0.29, 0.717) is 11.7 Å². The third-order valence-corrected chi connectivity index (χ3v) is 2.25. The van der Waals surface area contributed by atoms with Gasteiger partial charge in [-0.15, -0.1) is 0 Å². The van der Waals surface area contributed by atoms with Crippen molar-refractivity contribution in [2.75, 3.05) is 5.43 Å². The van der Waals surface area contributed by atoms with Crippen LogP contribution in [0.3, 0.4) is 0 Å². The monoisotopic (exact) mass is 266 g/mol. The standard InChI is InChI=1S/C10H11FN6O2/c1-5-15-7(17-19-5)4-14-10(18)6-2-3-13-9(16-12)8(6)11/h2-3H,4,12H2,1H3,(H,13,16)(H,14,18). The second-order valence-electron chi connectivity index (χ2n) is 3.58. The SMILES string of the molecule is Cc1nc(CNC(=O)c2ccnc(NN)c2F)no1. The minimum atomic E-state index is -0.827. The Morgan fingerprint density at radius 2 is 2.37 bits per heavy atom. The minimum absolute atomic E-state index is 0.0311. The lowest BCUT2D eigenvalue weighted by Crippen LogP contribution is -2.25. The van der Waals surface area contributed by atoms with Crippen LogP contribution in [0.5, 0.6) is 0 Å². The van der Waals surface area contributed by atoms with E-state index < -0.39 is 11.7 Å². The van der Waals surface area contributed by atoms with Crippen molar-refractivity contribution in [2.24, 2.45) is 5.84 Å². The number of rotatable bonds is 4. The van der Waals surface area contributed by atoms with Crippen LogP contribution in [0.25, 0.3) is 0 Å². The molecule has 0 unspecified atom stereocenters. The van der Waals surface area contributed by atoms with E-state index in [1.54, 1.807) is 6.92 Å². The summed E-state index contributed by atoms with van der Waals surface area (Å²) in [5.74, 6) is 4.10. The van der Waals surface area contributed by atoms with Crippen LogP contribution in [0.15, 0.2) is 16.8 Å². The van der Waals surface area contributed by atoms with Gasteiger partial charge in [0, 0.05) is 13.1 Å². The molecule has 0 bridgehead atoms. The first-order valence-corrected chi connectivity index (χ1v) is 5.30. The first-order valence-electron chi connectivity index (χ1n) is 5.30. The Morgan fingerprint density at radius 3 is 3.00 bits per heavy atom. The summed E-state index contributed by atoms with van der Waals surface area (Å²) in [5, 5.41) is 6.06. The van der Waals surface area contributed by atoms with E-state index in [-0.39, 0.29) is 17.9 Å². The Hall–Kier alpha value is -2.55. The highest BCUT2D eigenvalue weighted by Crippen LogP contribution is 2.13. The summed E-state index contributed by atoms with van der Waals surface area (Å²) in [5.41, 5.74) is 1.88. The average molecular weight is 266 g/mol. The van der Waals surface area contributed by atoms with Gasteiger partial charge in [0.05, 0.1) is 12.1 Å². The second-order valence-corrected chi connectivity index (χ2v) is 3.58. The number of hydrogen-bond acceptors (Lipinski definition) is 7. The van der Waals surface area contributed by atoms with Crippen LogP contribution in [0.4, 0.5) is 10.2 Å². The number of anilines is 1. The third-order valence-electron chi connectivity index (χ3n) is 2.25. The van der Waals surface area contributed by atoms with Crippen LogP contribution in [0.2, 0.25) is 0 Å². The number of aromatic nitrogens is 3. The molecular formula is C10H11FN6O2. The van der Waals surface area contributed by atoms with Crippen LogP contribution < -0.4 is 16.6 Å². The number of hydrazine groups is 1. The van der Waals surface area contributed by atoms with Gasteiger partial charge in [0.1, 0.15) is 0 Å². The van der Waals surface area contributed by atoms with Crippen molar-refractivity contribution in [2.45, 2.75) is 13.5 Å². The molecule has 0 fully saturated rings. The molecule has 0 saturated carbocycles. The van der Waals surface area contributed by atoms with Crippen LogP contribution in [-0.2, 0) is 6.54 Å². The van der Waals surface area contributed by atoms with Gasteiger partial charge in [-0.1, -0.05) is 5.16 Å². The molecule has 100 valence electrons. The van der Waals surface area contributed by atoms with Gasteiger partial charge >= 0.3 is 0 Å². The number of carbonyl (C=O) groups excluding carboxylic acids is 1. The number of aryl methyl sites for hydroxylation is 1.